The fourth-order valence-corrected chi connectivity index (χ4v) is 2.52. The Hall–Kier alpha value is -1.68. The molecule has 0 aliphatic heterocycles. The summed E-state index contributed by atoms with van der Waals surface area (Å²) in [5, 5.41) is 12.0. The molecule has 2 aromatic rings. The summed E-state index contributed by atoms with van der Waals surface area (Å²) in [4.78, 5) is 15.3. The summed E-state index contributed by atoms with van der Waals surface area (Å²) < 4.78 is 0. The first-order valence-electron chi connectivity index (χ1n) is 5.99. The molecule has 1 aromatic heterocycles. The predicted molar refractivity (Wildman–Crippen MR) is 73.1 cm³/mol. The Kier molecular flexibility index (Phi) is 4.10. The van der Waals surface area contributed by atoms with Gasteiger partial charge in [-0.2, -0.15) is 0 Å². The normalized spacial score (nSPS) is 10.5. The standard InChI is InChI=1S/C14H15NO2S/c1-2-3-4-13-15-12(9-18-13)10-5-7-11(8-6-10)14(16)17/h5-9H,2-4H2,1H3,(H,16,17). The molecule has 0 spiro atoms. The summed E-state index contributed by atoms with van der Waals surface area (Å²) >= 11 is 1.67. The molecule has 2 rings (SSSR count). The van der Waals surface area contributed by atoms with Crippen LogP contribution < -0.4 is 0 Å². The zero-order valence-corrected chi connectivity index (χ0v) is 11.0. The van der Waals surface area contributed by atoms with Crippen LogP contribution in [0.2, 0.25) is 0 Å². The van der Waals surface area contributed by atoms with E-state index in [0.717, 1.165) is 29.1 Å². The Morgan fingerprint density at radius 1 is 1.33 bits per heavy atom. The quantitative estimate of drug-likeness (QED) is 0.889. The van der Waals surface area contributed by atoms with E-state index in [0.29, 0.717) is 5.56 Å². The van der Waals surface area contributed by atoms with E-state index in [1.165, 1.54) is 6.42 Å². The van der Waals surface area contributed by atoms with E-state index in [1.807, 2.05) is 17.5 Å². The van der Waals surface area contributed by atoms with Gasteiger partial charge in [0.1, 0.15) is 0 Å². The van der Waals surface area contributed by atoms with Gasteiger partial charge < -0.3 is 5.11 Å². The van der Waals surface area contributed by atoms with Gasteiger partial charge in [0.25, 0.3) is 0 Å². The van der Waals surface area contributed by atoms with Crippen LogP contribution in [0.15, 0.2) is 29.6 Å². The molecule has 0 saturated carbocycles. The zero-order valence-electron chi connectivity index (χ0n) is 10.2. The first kappa shape index (κ1) is 12.8. The van der Waals surface area contributed by atoms with Crippen molar-refractivity contribution in [2.45, 2.75) is 26.2 Å². The summed E-state index contributed by atoms with van der Waals surface area (Å²) in [5.41, 5.74) is 2.21. The molecule has 1 aromatic carbocycles. The van der Waals surface area contributed by atoms with Crippen LogP contribution in [0.3, 0.4) is 0 Å². The largest absolute Gasteiger partial charge is 0.478 e. The third-order valence-corrected chi connectivity index (χ3v) is 3.63. The Labute approximate surface area is 110 Å². The van der Waals surface area contributed by atoms with Gasteiger partial charge in [0.05, 0.1) is 16.3 Å². The number of aryl methyl sites for hydroxylation is 1. The van der Waals surface area contributed by atoms with E-state index in [-0.39, 0.29) is 0 Å². The molecule has 94 valence electrons. The predicted octanol–water partition coefficient (Wildman–Crippen LogP) is 3.85. The molecule has 18 heavy (non-hydrogen) atoms. The van der Waals surface area contributed by atoms with Crippen LogP contribution in [0, 0.1) is 0 Å². The number of carboxylic acids is 1. The lowest BCUT2D eigenvalue weighted by Crippen LogP contribution is -1.95. The van der Waals surface area contributed by atoms with Gasteiger partial charge in [0, 0.05) is 10.9 Å². The van der Waals surface area contributed by atoms with Gasteiger partial charge in [-0.1, -0.05) is 25.5 Å². The summed E-state index contributed by atoms with van der Waals surface area (Å²) in [6.07, 6.45) is 3.35. The molecular formula is C14H15NO2S. The van der Waals surface area contributed by atoms with E-state index < -0.39 is 5.97 Å². The Morgan fingerprint density at radius 2 is 2.06 bits per heavy atom. The van der Waals surface area contributed by atoms with Gasteiger partial charge >= 0.3 is 5.97 Å². The van der Waals surface area contributed by atoms with E-state index in [4.69, 9.17) is 5.11 Å². The number of carboxylic acid groups (broad SMARTS) is 1. The second-order valence-corrected chi connectivity index (χ2v) is 5.06. The smallest absolute Gasteiger partial charge is 0.335 e. The maximum absolute atomic E-state index is 10.8. The van der Waals surface area contributed by atoms with Crippen LogP contribution in [-0.2, 0) is 6.42 Å². The van der Waals surface area contributed by atoms with Gasteiger partial charge in [0.2, 0.25) is 0 Å². The number of nitrogens with zero attached hydrogens (tertiary/aromatic N) is 1. The second-order valence-electron chi connectivity index (χ2n) is 4.11. The lowest BCUT2D eigenvalue weighted by atomic mass is 10.1. The molecule has 0 saturated heterocycles. The molecule has 0 radical (unpaired) electrons. The number of aromatic nitrogens is 1. The van der Waals surface area contributed by atoms with Crippen LogP contribution in [0.1, 0.15) is 35.1 Å². The SMILES string of the molecule is CCCCc1nc(-c2ccc(C(=O)O)cc2)cs1. The monoisotopic (exact) mass is 261 g/mol. The first-order chi connectivity index (χ1) is 8.70. The molecular weight excluding hydrogens is 246 g/mol. The summed E-state index contributed by atoms with van der Waals surface area (Å²) in [7, 11) is 0. The second kappa shape index (κ2) is 5.78. The Morgan fingerprint density at radius 3 is 2.67 bits per heavy atom. The maximum atomic E-state index is 10.8. The van der Waals surface area contributed by atoms with Gasteiger partial charge in [-0.3, -0.25) is 0 Å². The van der Waals surface area contributed by atoms with Crippen molar-refractivity contribution in [2.24, 2.45) is 0 Å². The van der Waals surface area contributed by atoms with Crippen molar-refractivity contribution >= 4 is 17.3 Å². The molecule has 1 heterocycles. The highest BCUT2D eigenvalue weighted by molar-refractivity contribution is 7.09. The van der Waals surface area contributed by atoms with Crippen LogP contribution in [-0.4, -0.2) is 16.1 Å². The van der Waals surface area contributed by atoms with Crippen molar-refractivity contribution in [3.63, 3.8) is 0 Å². The van der Waals surface area contributed by atoms with Crippen molar-refractivity contribution in [3.8, 4) is 11.3 Å². The number of thiazole rings is 1. The fraction of sp³-hybridized carbons (Fsp3) is 0.286. The maximum Gasteiger partial charge on any atom is 0.335 e. The van der Waals surface area contributed by atoms with Crippen LogP contribution in [0.5, 0.6) is 0 Å². The number of carbonyl (C=O) groups is 1. The molecule has 0 bridgehead atoms. The van der Waals surface area contributed by atoms with Crippen molar-refractivity contribution in [3.05, 3.63) is 40.2 Å². The van der Waals surface area contributed by atoms with Crippen molar-refractivity contribution in [1.29, 1.82) is 0 Å². The van der Waals surface area contributed by atoms with E-state index in [1.54, 1.807) is 23.5 Å². The molecule has 0 aliphatic carbocycles. The molecule has 0 amide bonds. The van der Waals surface area contributed by atoms with Crippen LogP contribution in [0.4, 0.5) is 0 Å². The number of unbranched alkanes of at least 4 members (excludes halogenated alkanes) is 1. The molecule has 3 nitrogen and oxygen atoms in total. The zero-order chi connectivity index (χ0) is 13.0. The highest BCUT2D eigenvalue weighted by Crippen LogP contribution is 2.23. The number of hydrogen-bond acceptors (Lipinski definition) is 3. The molecule has 0 atom stereocenters. The molecule has 4 heteroatoms. The number of rotatable bonds is 5. The van der Waals surface area contributed by atoms with Gasteiger partial charge in [0.15, 0.2) is 0 Å². The lowest BCUT2D eigenvalue weighted by molar-refractivity contribution is 0.0697. The first-order valence-corrected chi connectivity index (χ1v) is 6.87. The van der Waals surface area contributed by atoms with Crippen molar-refractivity contribution in [1.82, 2.24) is 4.98 Å². The molecule has 0 aliphatic rings. The minimum atomic E-state index is -0.900. The van der Waals surface area contributed by atoms with E-state index in [2.05, 4.69) is 11.9 Å². The van der Waals surface area contributed by atoms with Gasteiger partial charge in [-0.15, -0.1) is 11.3 Å². The van der Waals surface area contributed by atoms with Crippen molar-refractivity contribution in [2.75, 3.05) is 0 Å². The minimum absolute atomic E-state index is 0.306. The number of benzene rings is 1. The topological polar surface area (TPSA) is 50.2 Å². The number of aromatic carboxylic acids is 1. The Bertz CT molecular complexity index is 531. The highest BCUT2D eigenvalue weighted by Gasteiger charge is 2.06. The fourth-order valence-electron chi connectivity index (χ4n) is 1.67. The minimum Gasteiger partial charge on any atom is -0.478 e. The lowest BCUT2D eigenvalue weighted by Gasteiger charge is -1.98. The number of hydrogen-bond donors (Lipinski definition) is 1. The van der Waals surface area contributed by atoms with Crippen LogP contribution in [0.25, 0.3) is 11.3 Å². The highest BCUT2D eigenvalue weighted by atomic mass is 32.1. The van der Waals surface area contributed by atoms with Crippen molar-refractivity contribution < 1.29 is 9.90 Å². The third kappa shape index (κ3) is 2.96. The summed E-state index contributed by atoms with van der Waals surface area (Å²) in [5.74, 6) is -0.900. The molecule has 1 N–H and O–H groups in total. The Balaban J connectivity index is 2.15. The molecule has 0 unspecified atom stereocenters. The average molecular weight is 261 g/mol. The van der Waals surface area contributed by atoms with Gasteiger partial charge in [-0.05, 0) is 25.0 Å². The average Bonchev–Trinajstić information content (AvgIpc) is 2.85. The summed E-state index contributed by atoms with van der Waals surface area (Å²) in [6.45, 7) is 2.17. The van der Waals surface area contributed by atoms with E-state index >= 15 is 0 Å². The van der Waals surface area contributed by atoms with Gasteiger partial charge in [-0.25, -0.2) is 9.78 Å². The summed E-state index contributed by atoms with van der Waals surface area (Å²) in [6, 6.07) is 6.84. The third-order valence-electron chi connectivity index (χ3n) is 2.72. The molecule has 0 fully saturated rings. The van der Waals surface area contributed by atoms with E-state index in [9.17, 15) is 4.79 Å². The van der Waals surface area contributed by atoms with Crippen LogP contribution >= 0.6 is 11.3 Å².